The Morgan fingerprint density at radius 1 is 1.21 bits per heavy atom. The number of anilines is 1. The van der Waals surface area contributed by atoms with Crippen LogP contribution >= 0.6 is 0 Å². The van der Waals surface area contributed by atoms with Crippen molar-refractivity contribution in [2.75, 3.05) is 31.1 Å². The number of piperidine rings is 1. The average Bonchev–Trinajstić information content (AvgIpc) is 3.59. The molecule has 1 amide bonds. The molecule has 2 aliphatic heterocycles. The highest BCUT2D eigenvalue weighted by molar-refractivity contribution is 5.89. The van der Waals surface area contributed by atoms with Crippen molar-refractivity contribution in [2.45, 2.75) is 36.9 Å². The molecule has 198 valence electrons. The first kappa shape index (κ1) is 25.8. The van der Waals surface area contributed by atoms with Crippen molar-refractivity contribution in [3.63, 3.8) is 0 Å². The number of pyridine rings is 1. The molecule has 38 heavy (non-hydrogen) atoms. The van der Waals surface area contributed by atoms with Gasteiger partial charge in [-0.15, -0.1) is 0 Å². The average molecular weight is 523 g/mol. The lowest BCUT2D eigenvalue weighted by molar-refractivity contribution is -0.137. The summed E-state index contributed by atoms with van der Waals surface area (Å²) in [5.74, 6) is -0.0628. The van der Waals surface area contributed by atoms with Crippen molar-refractivity contribution in [3.05, 3.63) is 71.5 Å². The molecule has 2 saturated heterocycles. The summed E-state index contributed by atoms with van der Waals surface area (Å²) >= 11 is 0. The number of halogens is 3. The zero-order valence-corrected chi connectivity index (χ0v) is 21.1. The Hall–Kier alpha value is -3.84. The Bertz CT molecular complexity index is 1340. The SMILES string of the molecule is Cn1cccc1-c1ccc(C2(C(=O)N[C@H]3CCNC3)CCN(c3ccc(C(F)(F)F)cc3C#N)CC2)cn1. The molecule has 0 bridgehead atoms. The summed E-state index contributed by atoms with van der Waals surface area (Å²) in [5.41, 5.74) is 1.32. The summed E-state index contributed by atoms with van der Waals surface area (Å²) in [6.45, 7) is 2.39. The molecule has 4 heterocycles. The number of nitriles is 1. The van der Waals surface area contributed by atoms with Gasteiger partial charge in [-0.1, -0.05) is 6.07 Å². The van der Waals surface area contributed by atoms with E-state index >= 15 is 0 Å². The monoisotopic (exact) mass is 522 g/mol. The Labute approximate surface area is 219 Å². The lowest BCUT2D eigenvalue weighted by Gasteiger charge is -2.42. The molecular weight excluding hydrogens is 493 g/mol. The van der Waals surface area contributed by atoms with Gasteiger partial charge in [0, 0.05) is 45.1 Å². The van der Waals surface area contributed by atoms with Crippen LogP contribution < -0.4 is 15.5 Å². The van der Waals surface area contributed by atoms with Crippen LogP contribution in [0.3, 0.4) is 0 Å². The number of benzene rings is 1. The second-order valence-corrected chi connectivity index (χ2v) is 10.0. The van der Waals surface area contributed by atoms with Gasteiger partial charge in [-0.05, 0) is 67.8 Å². The molecule has 3 aromatic rings. The van der Waals surface area contributed by atoms with E-state index < -0.39 is 17.2 Å². The Morgan fingerprint density at radius 3 is 2.58 bits per heavy atom. The highest BCUT2D eigenvalue weighted by Crippen LogP contribution is 2.39. The van der Waals surface area contributed by atoms with Crippen molar-refractivity contribution in [3.8, 4) is 17.5 Å². The molecule has 0 unspecified atom stereocenters. The number of carbonyl (C=O) groups is 1. The number of carbonyl (C=O) groups excluding carboxylic acids is 1. The molecule has 10 heteroatoms. The maximum Gasteiger partial charge on any atom is 0.416 e. The fraction of sp³-hybridized carbons (Fsp3) is 0.393. The number of nitrogens with one attached hydrogen (secondary N) is 2. The second kappa shape index (κ2) is 10.1. The Balaban J connectivity index is 1.43. The van der Waals surface area contributed by atoms with E-state index in [4.69, 9.17) is 0 Å². The molecule has 2 fully saturated rings. The predicted octanol–water partition coefficient (Wildman–Crippen LogP) is 3.99. The third kappa shape index (κ3) is 4.86. The van der Waals surface area contributed by atoms with Gasteiger partial charge in [0.2, 0.25) is 5.91 Å². The first-order chi connectivity index (χ1) is 18.2. The molecule has 0 spiro atoms. The van der Waals surface area contributed by atoms with Gasteiger partial charge in [0.15, 0.2) is 0 Å². The number of aryl methyl sites for hydroxylation is 1. The minimum absolute atomic E-state index is 0.0256. The van der Waals surface area contributed by atoms with Gasteiger partial charge >= 0.3 is 6.18 Å². The lowest BCUT2D eigenvalue weighted by Crippen LogP contribution is -2.54. The van der Waals surface area contributed by atoms with Crippen LogP contribution in [0.4, 0.5) is 18.9 Å². The maximum absolute atomic E-state index is 13.8. The van der Waals surface area contributed by atoms with Crippen LogP contribution in [0.15, 0.2) is 54.9 Å². The molecule has 7 nitrogen and oxygen atoms in total. The fourth-order valence-corrected chi connectivity index (χ4v) is 5.51. The maximum atomic E-state index is 13.8. The molecule has 5 rings (SSSR count). The van der Waals surface area contributed by atoms with Gasteiger partial charge in [0.25, 0.3) is 0 Å². The van der Waals surface area contributed by atoms with Gasteiger partial charge in [-0.25, -0.2) is 0 Å². The van der Waals surface area contributed by atoms with E-state index in [1.165, 1.54) is 6.07 Å². The van der Waals surface area contributed by atoms with E-state index in [1.54, 1.807) is 6.20 Å². The highest BCUT2D eigenvalue weighted by atomic mass is 19.4. The summed E-state index contributed by atoms with van der Waals surface area (Å²) in [6, 6.07) is 13.0. The minimum Gasteiger partial charge on any atom is -0.370 e. The first-order valence-electron chi connectivity index (χ1n) is 12.7. The van der Waals surface area contributed by atoms with Crippen LogP contribution in [0.5, 0.6) is 0 Å². The van der Waals surface area contributed by atoms with Crippen molar-refractivity contribution in [1.82, 2.24) is 20.2 Å². The zero-order valence-electron chi connectivity index (χ0n) is 21.1. The number of alkyl halides is 3. The number of hydrogen-bond donors (Lipinski definition) is 2. The van der Waals surface area contributed by atoms with Crippen LogP contribution in [-0.4, -0.2) is 47.7 Å². The van der Waals surface area contributed by atoms with Gasteiger partial charge < -0.3 is 20.1 Å². The minimum atomic E-state index is -4.52. The highest BCUT2D eigenvalue weighted by Gasteiger charge is 2.44. The molecule has 2 aromatic heterocycles. The van der Waals surface area contributed by atoms with Crippen LogP contribution in [0.2, 0.25) is 0 Å². The standard InChI is InChI=1S/C28H29F3N6O/c1-36-12-2-3-25(36)23-6-4-21(17-34-23)27(26(38)35-22-8-11-33-18-22)9-13-37(14-10-27)24-7-5-20(28(29,30)31)15-19(24)16-32/h2-7,12,15,17,22,33H,8-11,13-14,18H2,1H3,(H,35,38)/t22-/m0/s1. The molecule has 0 radical (unpaired) electrons. The van der Waals surface area contributed by atoms with E-state index in [0.717, 1.165) is 48.6 Å². The molecule has 2 aliphatic rings. The summed E-state index contributed by atoms with van der Waals surface area (Å²) in [7, 11) is 1.95. The number of amides is 1. The third-order valence-electron chi connectivity index (χ3n) is 7.75. The van der Waals surface area contributed by atoms with E-state index in [2.05, 4.69) is 15.6 Å². The van der Waals surface area contributed by atoms with Gasteiger partial charge in [0.05, 0.1) is 33.6 Å². The topological polar surface area (TPSA) is 86.0 Å². The number of rotatable bonds is 5. The number of nitrogens with zero attached hydrogens (tertiary/aromatic N) is 4. The number of aromatic nitrogens is 2. The number of hydrogen-bond acceptors (Lipinski definition) is 5. The normalized spacial score (nSPS) is 19.2. The quantitative estimate of drug-likeness (QED) is 0.529. The first-order valence-corrected chi connectivity index (χ1v) is 12.7. The predicted molar refractivity (Wildman–Crippen MR) is 137 cm³/mol. The zero-order chi connectivity index (χ0) is 26.9. The third-order valence-corrected chi connectivity index (χ3v) is 7.75. The fourth-order valence-electron chi connectivity index (χ4n) is 5.51. The summed E-state index contributed by atoms with van der Waals surface area (Å²) < 4.78 is 41.5. The van der Waals surface area contributed by atoms with Crippen LogP contribution in [0.25, 0.3) is 11.4 Å². The van der Waals surface area contributed by atoms with E-state index in [-0.39, 0.29) is 17.5 Å². The summed E-state index contributed by atoms with van der Waals surface area (Å²) in [6.07, 6.45) is 0.931. The lowest BCUT2D eigenvalue weighted by atomic mass is 9.72. The molecular formula is C28H29F3N6O. The molecule has 2 N–H and O–H groups in total. The van der Waals surface area contributed by atoms with E-state index in [9.17, 15) is 23.2 Å². The van der Waals surface area contributed by atoms with E-state index in [0.29, 0.717) is 31.6 Å². The summed E-state index contributed by atoms with van der Waals surface area (Å²) in [4.78, 5) is 20.4. The molecule has 1 aromatic carbocycles. The van der Waals surface area contributed by atoms with Gasteiger partial charge in [-0.3, -0.25) is 9.78 Å². The van der Waals surface area contributed by atoms with Crippen LogP contribution in [0, 0.1) is 11.3 Å². The van der Waals surface area contributed by atoms with Gasteiger partial charge in [0.1, 0.15) is 6.07 Å². The molecule has 0 saturated carbocycles. The van der Waals surface area contributed by atoms with Gasteiger partial charge in [-0.2, -0.15) is 18.4 Å². The Morgan fingerprint density at radius 2 is 2.00 bits per heavy atom. The second-order valence-electron chi connectivity index (χ2n) is 10.0. The van der Waals surface area contributed by atoms with Crippen LogP contribution in [-0.2, 0) is 23.4 Å². The van der Waals surface area contributed by atoms with E-state index in [1.807, 2.05) is 53.0 Å². The molecule has 1 atom stereocenters. The van der Waals surface area contributed by atoms with Crippen molar-refractivity contribution >= 4 is 11.6 Å². The Kier molecular flexibility index (Phi) is 6.88. The smallest absolute Gasteiger partial charge is 0.370 e. The van der Waals surface area contributed by atoms with Crippen molar-refractivity contribution in [2.24, 2.45) is 7.05 Å². The summed E-state index contributed by atoms with van der Waals surface area (Å²) in [5, 5.41) is 16.0. The molecule has 0 aliphatic carbocycles. The van der Waals surface area contributed by atoms with Crippen molar-refractivity contribution in [1.29, 1.82) is 5.26 Å². The largest absolute Gasteiger partial charge is 0.416 e. The van der Waals surface area contributed by atoms with Crippen molar-refractivity contribution < 1.29 is 18.0 Å². The van der Waals surface area contributed by atoms with Crippen LogP contribution in [0.1, 0.15) is 36.0 Å².